The van der Waals surface area contributed by atoms with Crippen LogP contribution in [0.4, 0.5) is 20.6 Å². The second-order valence-electron chi connectivity index (χ2n) is 6.23. The first-order valence-electron chi connectivity index (χ1n) is 8.25. The van der Waals surface area contributed by atoms with Gasteiger partial charge in [0.2, 0.25) is 5.91 Å². The number of halogens is 1. The van der Waals surface area contributed by atoms with Crippen LogP contribution in [0.25, 0.3) is 0 Å². The number of nitrogens with zero attached hydrogens (tertiary/aromatic N) is 4. The first-order chi connectivity index (χ1) is 12.4. The molecule has 2 amide bonds. The molecule has 9 heteroatoms. The maximum atomic E-state index is 14.6. The Morgan fingerprint density at radius 1 is 1.46 bits per heavy atom. The van der Waals surface area contributed by atoms with Gasteiger partial charge in [-0.25, -0.2) is 9.18 Å². The van der Waals surface area contributed by atoms with E-state index in [1.807, 2.05) is 4.90 Å². The van der Waals surface area contributed by atoms with Crippen molar-refractivity contribution in [1.29, 1.82) is 0 Å². The van der Waals surface area contributed by atoms with Gasteiger partial charge in [0.15, 0.2) is 6.23 Å². The van der Waals surface area contributed by atoms with E-state index in [-0.39, 0.29) is 12.5 Å². The maximum absolute atomic E-state index is 14.6. The van der Waals surface area contributed by atoms with E-state index in [0.717, 1.165) is 5.71 Å². The van der Waals surface area contributed by atoms with E-state index in [4.69, 9.17) is 9.57 Å². The standard InChI is InChI=1S/C17H21FN4O4/c1-11(23)20(2)16-10-22(17(24)26-16)13-4-5-15(14(18)8-13)21-7-6-12(9-21)19-25-3/h4-5,8,16H,6-7,9-10H2,1-3H3. The number of amides is 2. The van der Waals surface area contributed by atoms with E-state index in [1.54, 1.807) is 19.2 Å². The normalized spacial score (nSPS) is 21.3. The molecular weight excluding hydrogens is 343 g/mol. The molecule has 0 N–H and O–H groups in total. The van der Waals surface area contributed by atoms with Crippen LogP contribution in [-0.2, 0) is 14.4 Å². The van der Waals surface area contributed by atoms with Gasteiger partial charge in [-0.15, -0.1) is 0 Å². The number of likely N-dealkylation sites (N-methyl/N-ethyl adjacent to an activating group) is 1. The van der Waals surface area contributed by atoms with Gasteiger partial charge >= 0.3 is 6.09 Å². The number of hydrogen-bond acceptors (Lipinski definition) is 6. The third kappa shape index (κ3) is 3.42. The fourth-order valence-electron chi connectivity index (χ4n) is 3.03. The molecule has 2 heterocycles. The van der Waals surface area contributed by atoms with Crippen molar-refractivity contribution in [3.05, 3.63) is 24.0 Å². The van der Waals surface area contributed by atoms with Crippen LogP contribution < -0.4 is 9.80 Å². The topological polar surface area (TPSA) is 74.7 Å². The lowest BCUT2D eigenvalue weighted by Crippen LogP contribution is -2.38. The van der Waals surface area contributed by atoms with Crippen molar-refractivity contribution in [3.8, 4) is 0 Å². The number of hydrogen-bond donors (Lipinski definition) is 0. The van der Waals surface area contributed by atoms with E-state index < -0.39 is 18.1 Å². The summed E-state index contributed by atoms with van der Waals surface area (Å²) in [6, 6.07) is 4.61. The molecule has 1 unspecified atom stereocenters. The highest BCUT2D eigenvalue weighted by atomic mass is 19.1. The molecule has 26 heavy (non-hydrogen) atoms. The maximum Gasteiger partial charge on any atom is 0.416 e. The number of carbonyl (C=O) groups excluding carboxylic acids is 2. The molecule has 1 atom stereocenters. The van der Waals surface area contributed by atoms with E-state index >= 15 is 0 Å². The summed E-state index contributed by atoms with van der Waals surface area (Å²) in [4.78, 5) is 32.8. The highest BCUT2D eigenvalue weighted by molar-refractivity contribution is 5.93. The SMILES string of the molecule is CON=C1CCN(c2ccc(N3CC(N(C)C(C)=O)OC3=O)cc2F)C1. The largest absolute Gasteiger partial charge is 0.423 e. The number of cyclic esters (lactones) is 1. The molecule has 0 aromatic heterocycles. The molecule has 1 aromatic rings. The van der Waals surface area contributed by atoms with E-state index in [0.29, 0.717) is 30.9 Å². The predicted octanol–water partition coefficient (Wildman–Crippen LogP) is 1.80. The zero-order valence-corrected chi connectivity index (χ0v) is 14.9. The molecule has 0 saturated carbocycles. The summed E-state index contributed by atoms with van der Waals surface area (Å²) in [5.74, 6) is -0.647. The number of ether oxygens (including phenoxy) is 1. The van der Waals surface area contributed by atoms with Gasteiger partial charge in [0.1, 0.15) is 12.9 Å². The van der Waals surface area contributed by atoms with Crippen molar-refractivity contribution >= 4 is 29.1 Å². The van der Waals surface area contributed by atoms with Crippen LogP contribution in [0.5, 0.6) is 0 Å². The molecule has 0 spiro atoms. The minimum atomic E-state index is -0.686. The molecular formula is C17H21FN4O4. The van der Waals surface area contributed by atoms with Crippen molar-refractivity contribution in [1.82, 2.24) is 4.90 Å². The zero-order chi connectivity index (χ0) is 18.8. The summed E-state index contributed by atoms with van der Waals surface area (Å²) in [5, 5.41) is 3.91. The molecule has 2 saturated heterocycles. The molecule has 2 aliphatic heterocycles. The third-order valence-corrected chi connectivity index (χ3v) is 4.57. The third-order valence-electron chi connectivity index (χ3n) is 4.57. The highest BCUT2D eigenvalue weighted by Crippen LogP contribution is 2.29. The Balaban J connectivity index is 1.75. The van der Waals surface area contributed by atoms with Gasteiger partial charge in [0.05, 0.1) is 30.2 Å². The van der Waals surface area contributed by atoms with Crippen LogP contribution in [0.3, 0.4) is 0 Å². The molecule has 2 aliphatic rings. The Labute approximate surface area is 150 Å². The zero-order valence-electron chi connectivity index (χ0n) is 14.9. The molecule has 0 aliphatic carbocycles. The van der Waals surface area contributed by atoms with Gasteiger partial charge in [0.25, 0.3) is 0 Å². The Bertz CT molecular complexity index is 754. The minimum Gasteiger partial charge on any atom is -0.423 e. The Morgan fingerprint density at radius 2 is 2.23 bits per heavy atom. The van der Waals surface area contributed by atoms with Crippen LogP contribution in [0.2, 0.25) is 0 Å². The van der Waals surface area contributed by atoms with E-state index in [1.165, 1.54) is 29.9 Å². The summed E-state index contributed by atoms with van der Waals surface area (Å²) >= 11 is 0. The fourth-order valence-corrected chi connectivity index (χ4v) is 3.03. The van der Waals surface area contributed by atoms with Gasteiger partial charge in [-0.1, -0.05) is 5.16 Å². The second kappa shape index (κ2) is 7.19. The smallest absolute Gasteiger partial charge is 0.416 e. The van der Waals surface area contributed by atoms with Crippen molar-refractivity contribution < 1.29 is 23.6 Å². The summed E-state index contributed by atoms with van der Waals surface area (Å²) in [6.07, 6.45) is -0.577. The first-order valence-corrected chi connectivity index (χ1v) is 8.25. The molecule has 0 radical (unpaired) electrons. The average Bonchev–Trinajstić information content (AvgIpc) is 3.21. The number of carbonyl (C=O) groups is 2. The van der Waals surface area contributed by atoms with Crippen LogP contribution in [0, 0.1) is 5.82 Å². The number of rotatable bonds is 4. The van der Waals surface area contributed by atoms with Crippen LogP contribution in [0.15, 0.2) is 23.4 Å². The predicted molar refractivity (Wildman–Crippen MR) is 93.7 cm³/mol. The van der Waals surface area contributed by atoms with Crippen LogP contribution >= 0.6 is 0 Å². The van der Waals surface area contributed by atoms with Crippen molar-refractivity contribution in [2.24, 2.45) is 5.16 Å². The summed E-state index contributed by atoms with van der Waals surface area (Å²) in [5.41, 5.74) is 1.69. The number of anilines is 2. The second-order valence-corrected chi connectivity index (χ2v) is 6.23. The lowest BCUT2D eigenvalue weighted by atomic mass is 10.2. The van der Waals surface area contributed by atoms with Crippen LogP contribution in [-0.4, -0.2) is 62.6 Å². The van der Waals surface area contributed by atoms with Gasteiger partial charge in [-0.05, 0) is 18.2 Å². The van der Waals surface area contributed by atoms with E-state index in [9.17, 15) is 14.0 Å². The van der Waals surface area contributed by atoms with Gasteiger partial charge in [-0.2, -0.15) is 0 Å². The molecule has 2 fully saturated rings. The van der Waals surface area contributed by atoms with Crippen molar-refractivity contribution in [3.63, 3.8) is 0 Å². The molecule has 140 valence electrons. The summed E-state index contributed by atoms with van der Waals surface area (Å²) in [6.45, 7) is 2.70. The van der Waals surface area contributed by atoms with Crippen molar-refractivity contribution in [2.45, 2.75) is 19.6 Å². The molecule has 1 aromatic carbocycles. The number of benzene rings is 1. The molecule has 8 nitrogen and oxygen atoms in total. The number of oxime groups is 1. The Morgan fingerprint density at radius 3 is 2.88 bits per heavy atom. The van der Waals surface area contributed by atoms with Gasteiger partial charge in [-0.3, -0.25) is 9.69 Å². The quantitative estimate of drug-likeness (QED) is 0.762. The average molecular weight is 364 g/mol. The lowest BCUT2D eigenvalue weighted by molar-refractivity contribution is -0.134. The fraction of sp³-hybridized carbons (Fsp3) is 0.471. The Hall–Kier alpha value is -2.84. The van der Waals surface area contributed by atoms with E-state index in [2.05, 4.69) is 5.16 Å². The molecule has 3 rings (SSSR count). The van der Waals surface area contributed by atoms with Crippen LogP contribution in [0.1, 0.15) is 13.3 Å². The summed E-state index contributed by atoms with van der Waals surface area (Å²) in [7, 11) is 3.04. The first kappa shape index (κ1) is 18.0. The monoisotopic (exact) mass is 364 g/mol. The minimum absolute atomic E-state index is 0.155. The molecule has 0 bridgehead atoms. The highest BCUT2D eigenvalue weighted by Gasteiger charge is 2.36. The van der Waals surface area contributed by atoms with Gasteiger partial charge < -0.3 is 19.4 Å². The Kier molecular flexibility index (Phi) is 4.97. The summed E-state index contributed by atoms with van der Waals surface area (Å²) < 4.78 is 19.8. The lowest BCUT2D eigenvalue weighted by Gasteiger charge is -2.21. The van der Waals surface area contributed by atoms with Gasteiger partial charge in [0, 0.05) is 26.9 Å². The van der Waals surface area contributed by atoms with Crippen molar-refractivity contribution in [2.75, 3.05) is 43.6 Å².